The first kappa shape index (κ1) is 17.9. The van der Waals surface area contributed by atoms with E-state index in [9.17, 15) is 18.0 Å². The van der Waals surface area contributed by atoms with Crippen molar-refractivity contribution in [3.63, 3.8) is 0 Å². The SMILES string of the molecule is CC(NC(=O)NC1CC2(CCC2)C1)c1cccc(OCC(F)(F)F)c1. The maximum atomic E-state index is 12.2. The zero-order valence-corrected chi connectivity index (χ0v) is 14.2. The van der Waals surface area contributed by atoms with Gasteiger partial charge in [-0.1, -0.05) is 18.6 Å². The second kappa shape index (κ2) is 6.77. The summed E-state index contributed by atoms with van der Waals surface area (Å²) < 4.78 is 41.4. The van der Waals surface area contributed by atoms with E-state index in [2.05, 4.69) is 10.6 Å². The van der Waals surface area contributed by atoms with Crippen LogP contribution < -0.4 is 15.4 Å². The molecule has 1 spiro atoms. The van der Waals surface area contributed by atoms with Crippen molar-refractivity contribution in [2.45, 2.75) is 57.3 Å². The Labute approximate surface area is 145 Å². The lowest BCUT2D eigenvalue weighted by Crippen LogP contribution is -2.55. The molecule has 2 N–H and O–H groups in total. The quantitative estimate of drug-likeness (QED) is 0.825. The van der Waals surface area contributed by atoms with Gasteiger partial charge in [-0.3, -0.25) is 0 Å². The molecule has 0 aliphatic heterocycles. The average molecular weight is 356 g/mol. The topological polar surface area (TPSA) is 50.4 Å². The minimum Gasteiger partial charge on any atom is -0.484 e. The minimum atomic E-state index is -4.37. The fourth-order valence-corrected chi connectivity index (χ4v) is 3.72. The normalized spacial score (nSPS) is 20.3. The van der Waals surface area contributed by atoms with Crippen LogP contribution in [0.2, 0.25) is 0 Å². The molecule has 2 amide bonds. The Balaban J connectivity index is 1.47. The summed E-state index contributed by atoms with van der Waals surface area (Å²) in [5.41, 5.74) is 1.19. The van der Waals surface area contributed by atoms with Gasteiger partial charge in [-0.15, -0.1) is 0 Å². The van der Waals surface area contributed by atoms with Gasteiger partial charge < -0.3 is 15.4 Å². The van der Waals surface area contributed by atoms with Crippen molar-refractivity contribution < 1.29 is 22.7 Å². The Hall–Kier alpha value is -1.92. The predicted octanol–water partition coefficient (Wildman–Crippen LogP) is 4.32. The number of rotatable bonds is 5. The van der Waals surface area contributed by atoms with Crippen LogP contribution in [0.1, 0.15) is 50.6 Å². The third-order valence-corrected chi connectivity index (χ3v) is 5.22. The summed E-state index contributed by atoms with van der Waals surface area (Å²) in [7, 11) is 0. The Bertz CT molecular complexity index is 621. The van der Waals surface area contributed by atoms with Gasteiger partial charge in [-0.25, -0.2) is 4.79 Å². The third-order valence-electron chi connectivity index (χ3n) is 5.22. The Morgan fingerprint density at radius 1 is 1.36 bits per heavy atom. The molecule has 1 aromatic carbocycles. The molecular formula is C18H23F3N2O2. The lowest BCUT2D eigenvalue weighted by molar-refractivity contribution is -0.153. The zero-order valence-electron chi connectivity index (χ0n) is 14.2. The second-order valence-corrected chi connectivity index (χ2v) is 7.27. The van der Waals surface area contributed by atoms with Crippen LogP contribution in [0.3, 0.4) is 0 Å². The number of halogens is 3. The smallest absolute Gasteiger partial charge is 0.422 e. The first-order valence-corrected chi connectivity index (χ1v) is 8.61. The molecule has 3 rings (SSSR count). The number of hydrogen-bond acceptors (Lipinski definition) is 2. The van der Waals surface area contributed by atoms with Crippen LogP contribution in [0.4, 0.5) is 18.0 Å². The molecule has 0 radical (unpaired) electrons. The summed E-state index contributed by atoms with van der Waals surface area (Å²) in [6, 6.07) is 6.01. The van der Waals surface area contributed by atoms with Crippen LogP contribution in [0.15, 0.2) is 24.3 Å². The van der Waals surface area contributed by atoms with Gasteiger partial charge >= 0.3 is 12.2 Å². The van der Waals surface area contributed by atoms with Gasteiger partial charge in [0.1, 0.15) is 5.75 Å². The largest absolute Gasteiger partial charge is 0.484 e. The highest BCUT2D eigenvalue weighted by atomic mass is 19.4. The number of benzene rings is 1. The monoisotopic (exact) mass is 356 g/mol. The van der Waals surface area contributed by atoms with Crippen molar-refractivity contribution >= 4 is 6.03 Å². The molecule has 2 aliphatic carbocycles. The van der Waals surface area contributed by atoms with E-state index < -0.39 is 12.8 Å². The maximum absolute atomic E-state index is 12.2. The number of hydrogen-bond donors (Lipinski definition) is 2. The first-order valence-electron chi connectivity index (χ1n) is 8.61. The van der Waals surface area contributed by atoms with Crippen LogP contribution >= 0.6 is 0 Å². The number of carbonyl (C=O) groups excluding carboxylic acids is 1. The van der Waals surface area contributed by atoms with E-state index in [1.54, 1.807) is 19.1 Å². The van der Waals surface area contributed by atoms with Gasteiger partial charge in [0.25, 0.3) is 0 Å². The molecule has 2 saturated carbocycles. The summed E-state index contributed by atoms with van der Waals surface area (Å²) in [5, 5.41) is 5.80. The Kier molecular flexibility index (Phi) is 4.84. The van der Waals surface area contributed by atoms with Gasteiger partial charge in [0.2, 0.25) is 0 Å². The summed E-state index contributed by atoms with van der Waals surface area (Å²) in [5.74, 6) is 0.134. The highest BCUT2D eigenvalue weighted by molar-refractivity contribution is 5.75. The van der Waals surface area contributed by atoms with Crippen LogP contribution in [0.25, 0.3) is 0 Å². The van der Waals surface area contributed by atoms with E-state index in [4.69, 9.17) is 4.74 Å². The van der Waals surface area contributed by atoms with Crippen LogP contribution in [-0.2, 0) is 0 Å². The highest BCUT2D eigenvalue weighted by Gasteiger charge is 2.48. The average Bonchev–Trinajstić information content (AvgIpc) is 2.46. The summed E-state index contributed by atoms with van der Waals surface area (Å²) >= 11 is 0. The minimum absolute atomic E-state index is 0.134. The predicted molar refractivity (Wildman–Crippen MR) is 87.4 cm³/mol. The molecule has 0 aromatic heterocycles. The molecule has 2 fully saturated rings. The van der Waals surface area contributed by atoms with Crippen LogP contribution in [0, 0.1) is 5.41 Å². The number of amides is 2. The van der Waals surface area contributed by atoms with Gasteiger partial charge in [-0.2, -0.15) is 13.2 Å². The molecule has 7 heteroatoms. The lowest BCUT2D eigenvalue weighted by atomic mass is 9.54. The van der Waals surface area contributed by atoms with Gasteiger partial charge in [0.05, 0.1) is 6.04 Å². The van der Waals surface area contributed by atoms with Crippen molar-refractivity contribution in [3.8, 4) is 5.75 Å². The standard InChI is InChI=1S/C18H23F3N2O2/c1-12(13-4-2-5-15(8-13)25-11-18(19,20)21)22-16(24)23-14-9-17(10-14)6-3-7-17/h2,4-5,8,12,14H,3,6-7,9-11H2,1H3,(H2,22,23,24). The third kappa shape index (κ3) is 4.58. The van der Waals surface area contributed by atoms with Gasteiger partial charge in [0.15, 0.2) is 6.61 Å². The fourth-order valence-electron chi connectivity index (χ4n) is 3.72. The summed E-state index contributed by atoms with van der Waals surface area (Å²) in [6.45, 7) is 0.457. The molecular weight excluding hydrogens is 333 g/mol. The van der Waals surface area contributed by atoms with Crippen molar-refractivity contribution in [2.24, 2.45) is 5.41 Å². The maximum Gasteiger partial charge on any atom is 0.422 e. The number of urea groups is 1. The van der Waals surface area contributed by atoms with Crippen LogP contribution in [0.5, 0.6) is 5.75 Å². The molecule has 4 nitrogen and oxygen atoms in total. The summed E-state index contributed by atoms with van der Waals surface area (Å²) in [4.78, 5) is 12.1. The van der Waals surface area contributed by atoms with Crippen molar-refractivity contribution in [3.05, 3.63) is 29.8 Å². The molecule has 1 atom stereocenters. The van der Waals surface area contributed by atoms with E-state index >= 15 is 0 Å². The first-order chi connectivity index (χ1) is 11.7. The molecule has 1 unspecified atom stereocenters. The number of nitrogens with one attached hydrogen (secondary N) is 2. The van der Waals surface area contributed by atoms with E-state index in [0.717, 1.165) is 12.8 Å². The summed E-state index contributed by atoms with van der Waals surface area (Å²) in [6.07, 6.45) is 1.57. The number of alkyl halides is 3. The van der Waals surface area contributed by atoms with Gasteiger partial charge in [0, 0.05) is 6.04 Å². The molecule has 25 heavy (non-hydrogen) atoms. The molecule has 0 bridgehead atoms. The molecule has 2 aliphatic rings. The lowest BCUT2D eigenvalue weighted by Gasteiger charge is -2.54. The molecule has 0 saturated heterocycles. The Morgan fingerprint density at radius 3 is 2.68 bits per heavy atom. The number of carbonyl (C=O) groups is 1. The van der Waals surface area contributed by atoms with E-state index in [1.807, 2.05) is 0 Å². The number of ether oxygens (including phenoxy) is 1. The van der Waals surface area contributed by atoms with Crippen LogP contribution in [-0.4, -0.2) is 24.9 Å². The van der Waals surface area contributed by atoms with Gasteiger partial charge in [-0.05, 0) is 55.7 Å². The molecule has 0 heterocycles. The van der Waals surface area contributed by atoms with E-state index in [0.29, 0.717) is 11.0 Å². The van der Waals surface area contributed by atoms with E-state index in [-0.39, 0.29) is 23.9 Å². The van der Waals surface area contributed by atoms with Crippen molar-refractivity contribution in [2.75, 3.05) is 6.61 Å². The van der Waals surface area contributed by atoms with Crippen molar-refractivity contribution in [1.82, 2.24) is 10.6 Å². The molecule has 1 aromatic rings. The Morgan fingerprint density at radius 2 is 2.08 bits per heavy atom. The molecule has 138 valence electrons. The second-order valence-electron chi connectivity index (χ2n) is 7.27. The highest BCUT2D eigenvalue weighted by Crippen LogP contribution is 2.55. The van der Waals surface area contributed by atoms with Crippen molar-refractivity contribution in [1.29, 1.82) is 0 Å². The van der Waals surface area contributed by atoms with E-state index in [1.165, 1.54) is 31.4 Å². The fraction of sp³-hybridized carbons (Fsp3) is 0.611. The zero-order chi connectivity index (χ0) is 18.1.